The van der Waals surface area contributed by atoms with E-state index in [9.17, 15) is 13.2 Å². The van der Waals surface area contributed by atoms with E-state index in [0.29, 0.717) is 32.5 Å². The van der Waals surface area contributed by atoms with Gasteiger partial charge in [0.2, 0.25) is 15.9 Å². The van der Waals surface area contributed by atoms with Gasteiger partial charge in [-0.25, -0.2) is 13.1 Å². The maximum atomic E-state index is 12.4. The van der Waals surface area contributed by atoms with Gasteiger partial charge in [-0.1, -0.05) is 18.2 Å². The SMILES string of the molecule is CS(=O)(=O)NCC1CCCCN1C(=O)CCCOc1ccccc1. The minimum atomic E-state index is -3.23. The van der Waals surface area contributed by atoms with Gasteiger partial charge in [0.1, 0.15) is 5.75 Å². The molecule has 1 unspecified atom stereocenters. The molecule has 0 radical (unpaired) electrons. The number of hydrogen-bond acceptors (Lipinski definition) is 4. The number of sulfonamides is 1. The Morgan fingerprint density at radius 1 is 1.29 bits per heavy atom. The summed E-state index contributed by atoms with van der Waals surface area (Å²) in [6.45, 7) is 1.50. The average molecular weight is 354 g/mol. The summed E-state index contributed by atoms with van der Waals surface area (Å²) >= 11 is 0. The van der Waals surface area contributed by atoms with Crippen LogP contribution in [-0.2, 0) is 14.8 Å². The van der Waals surface area contributed by atoms with Crippen molar-refractivity contribution in [2.45, 2.75) is 38.1 Å². The lowest BCUT2D eigenvalue weighted by atomic mass is 10.0. The van der Waals surface area contributed by atoms with Crippen LogP contribution in [-0.4, -0.2) is 51.2 Å². The third kappa shape index (κ3) is 6.49. The number of hydrogen-bond donors (Lipinski definition) is 1. The number of nitrogens with one attached hydrogen (secondary N) is 1. The molecular weight excluding hydrogens is 328 g/mol. The topological polar surface area (TPSA) is 75.7 Å². The molecule has 1 heterocycles. The summed E-state index contributed by atoms with van der Waals surface area (Å²) in [5, 5.41) is 0. The van der Waals surface area contributed by atoms with E-state index in [0.717, 1.165) is 31.3 Å². The van der Waals surface area contributed by atoms with E-state index in [4.69, 9.17) is 4.74 Å². The molecule has 1 amide bonds. The number of nitrogens with zero attached hydrogens (tertiary/aromatic N) is 1. The first-order chi connectivity index (χ1) is 11.5. The molecule has 0 aromatic heterocycles. The summed E-state index contributed by atoms with van der Waals surface area (Å²) in [5.74, 6) is 0.879. The molecule has 1 atom stereocenters. The van der Waals surface area contributed by atoms with Gasteiger partial charge in [0.15, 0.2) is 0 Å². The molecule has 6 nitrogen and oxygen atoms in total. The number of piperidine rings is 1. The first-order valence-electron chi connectivity index (χ1n) is 8.37. The average Bonchev–Trinajstić information content (AvgIpc) is 2.57. The summed E-state index contributed by atoms with van der Waals surface area (Å²) < 4.78 is 30.6. The van der Waals surface area contributed by atoms with Crippen molar-refractivity contribution in [3.05, 3.63) is 30.3 Å². The number of ether oxygens (including phenoxy) is 1. The number of likely N-dealkylation sites (tertiary alicyclic amines) is 1. The maximum Gasteiger partial charge on any atom is 0.222 e. The highest BCUT2D eigenvalue weighted by Gasteiger charge is 2.26. The van der Waals surface area contributed by atoms with Gasteiger partial charge in [-0.3, -0.25) is 4.79 Å². The quantitative estimate of drug-likeness (QED) is 0.722. The number of amides is 1. The van der Waals surface area contributed by atoms with Crippen LogP contribution in [0.25, 0.3) is 0 Å². The van der Waals surface area contributed by atoms with Crippen LogP contribution >= 0.6 is 0 Å². The first kappa shape index (κ1) is 18.7. The third-order valence-corrected chi connectivity index (χ3v) is 4.77. The Hall–Kier alpha value is -1.60. The summed E-state index contributed by atoms with van der Waals surface area (Å²) in [6.07, 6.45) is 5.05. The monoisotopic (exact) mass is 354 g/mol. The van der Waals surface area contributed by atoms with Gasteiger partial charge in [-0.2, -0.15) is 0 Å². The van der Waals surface area contributed by atoms with E-state index in [2.05, 4.69) is 4.72 Å². The molecule has 0 spiro atoms. The lowest BCUT2D eigenvalue weighted by Gasteiger charge is -2.36. The molecule has 24 heavy (non-hydrogen) atoms. The molecule has 134 valence electrons. The van der Waals surface area contributed by atoms with Crippen molar-refractivity contribution in [2.24, 2.45) is 0 Å². The van der Waals surface area contributed by atoms with Crippen molar-refractivity contribution >= 4 is 15.9 Å². The minimum Gasteiger partial charge on any atom is -0.494 e. The van der Waals surface area contributed by atoms with Gasteiger partial charge in [-0.05, 0) is 37.8 Å². The highest BCUT2D eigenvalue weighted by atomic mass is 32.2. The van der Waals surface area contributed by atoms with E-state index in [1.54, 1.807) is 0 Å². The molecule has 7 heteroatoms. The number of para-hydroxylation sites is 1. The number of benzene rings is 1. The zero-order chi connectivity index (χ0) is 17.4. The molecule has 2 rings (SSSR count). The van der Waals surface area contributed by atoms with Gasteiger partial charge in [0, 0.05) is 25.6 Å². The summed E-state index contributed by atoms with van der Waals surface area (Å²) in [5.41, 5.74) is 0. The molecule has 1 aromatic rings. The molecule has 1 N–H and O–H groups in total. The van der Waals surface area contributed by atoms with E-state index in [1.165, 1.54) is 0 Å². The van der Waals surface area contributed by atoms with Gasteiger partial charge in [-0.15, -0.1) is 0 Å². The van der Waals surface area contributed by atoms with Crippen LogP contribution in [0.1, 0.15) is 32.1 Å². The Morgan fingerprint density at radius 3 is 2.75 bits per heavy atom. The molecule has 1 saturated heterocycles. The fraction of sp³-hybridized carbons (Fsp3) is 0.588. The van der Waals surface area contributed by atoms with Crippen LogP contribution < -0.4 is 9.46 Å². The van der Waals surface area contributed by atoms with Crippen molar-refractivity contribution in [2.75, 3.05) is 26.0 Å². The lowest BCUT2D eigenvalue weighted by Crippen LogP contribution is -2.49. The molecule has 1 aliphatic heterocycles. The molecule has 1 fully saturated rings. The predicted molar refractivity (Wildman–Crippen MR) is 93.4 cm³/mol. The standard InChI is InChI=1S/C17H26N2O4S/c1-24(21,22)18-14-15-8-5-6-12-19(15)17(20)11-7-13-23-16-9-3-2-4-10-16/h2-4,9-10,15,18H,5-8,11-14H2,1H3. The maximum absolute atomic E-state index is 12.4. The number of carbonyl (C=O) groups is 1. The second-order valence-electron chi connectivity index (χ2n) is 6.12. The van der Waals surface area contributed by atoms with Crippen molar-refractivity contribution < 1.29 is 17.9 Å². The second-order valence-corrected chi connectivity index (χ2v) is 7.96. The Morgan fingerprint density at radius 2 is 2.04 bits per heavy atom. The van der Waals surface area contributed by atoms with Gasteiger partial charge >= 0.3 is 0 Å². The molecule has 0 aliphatic carbocycles. The minimum absolute atomic E-state index is 0.0454. The second kappa shape index (κ2) is 9.03. The van der Waals surface area contributed by atoms with Crippen LogP contribution in [0, 0.1) is 0 Å². The third-order valence-electron chi connectivity index (χ3n) is 4.08. The van der Waals surface area contributed by atoms with Crippen LogP contribution in [0.15, 0.2) is 30.3 Å². The Kier molecular flexibility index (Phi) is 7.05. The van der Waals surface area contributed by atoms with E-state index in [-0.39, 0.29) is 11.9 Å². The van der Waals surface area contributed by atoms with Crippen LogP contribution in [0.2, 0.25) is 0 Å². The molecule has 0 bridgehead atoms. The number of carbonyl (C=O) groups excluding carboxylic acids is 1. The fourth-order valence-corrected chi connectivity index (χ4v) is 3.36. The molecule has 0 saturated carbocycles. The largest absolute Gasteiger partial charge is 0.494 e. The zero-order valence-electron chi connectivity index (χ0n) is 14.1. The van der Waals surface area contributed by atoms with Gasteiger partial charge in [0.05, 0.1) is 12.9 Å². The molecular formula is C17H26N2O4S. The van der Waals surface area contributed by atoms with Crippen molar-refractivity contribution in [1.82, 2.24) is 9.62 Å². The van der Waals surface area contributed by atoms with Crippen LogP contribution in [0.3, 0.4) is 0 Å². The fourth-order valence-electron chi connectivity index (χ4n) is 2.86. The number of rotatable bonds is 8. The van der Waals surface area contributed by atoms with Crippen molar-refractivity contribution in [3.8, 4) is 5.75 Å². The smallest absolute Gasteiger partial charge is 0.222 e. The van der Waals surface area contributed by atoms with E-state index < -0.39 is 10.0 Å². The highest BCUT2D eigenvalue weighted by Crippen LogP contribution is 2.18. The van der Waals surface area contributed by atoms with Crippen LogP contribution in [0.5, 0.6) is 5.75 Å². The summed E-state index contributed by atoms with van der Waals surface area (Å²) in [6, 6.07) is 9.48. The van der Waals surface area contributed by atoms with Crippen molar-refractivity contribution in [3.63, 3.8) is 0 Å². The van der Waals surface area contributed by atoms with E-state index >= 15 is 0 Å². The van der Waals surface area contributed by atoms with Gasteiger partial charge < -0.3 is 9.64 Å². The van der Waals surface area contributed by atoms with Gasteiger partial charge in [0.25, 0.3) is 0 Å². The molecule has 1 aliphatic rings. The Bertz CT molecular complexity index is 619. The normalized spacial score (nSPS) is 18.4. The summed E-state index contributed by atoms with van der Waals surface area (Å²) in [7, 11) is -3.23. The summed E-state index contributed by atoms with van der Waals surface area (Å²) in [4.78, 5) is 14.3. The predicted octanol–water partition coefficient (Wildman–Crippen LogP) is 1.78. The van der Waals surface area contributed by atoms with Crippen molar-refractivity contribution in [1.29, 1.82) is 0 Å². The van der Waals surface area contributed by atoms with Crippen LogP contribution in [0.4, 0.5) is 0 Å². The Labute approximate surface area is 144 Å². The first-order valence-corrected chi connectivity index (χ1v) is 10.3. The zero-order valence-corrected chi connectivity index (χ0v) is 14.9. The Balaban J connectivity index is 1.76. The van der Waals surface area contributed by atoms with E-state index in [1.807, 2.05) is 35.2 Å². The molecule has 1 aromatic carbocycles. The highest BCUT2D eigenvalue weighted by molar-refractivity contribution is 7.88. The lowest BCUT2D eigenvalue weighted by molar-refractivity contribution is -0.134.